The standard InChI is InChI=1S/C21H21BrN4O/c22-17-9-5-15(6-10-17)14-20(27)23-18-11-7-16(8-12-18)21-25-24-19-4-2-1-3-13-26(19)21/h5-12H,1-4,13-14H2,(H,23,27). The number of aromatic nitrogens is 3. The van der Waals surface area contributed by atoms with Crippen molar-refractivity contribution in [2.45, 2.75) is 38.6 Å². The van der Waals surface area contributed by atoms with Gasteiger partial charge in [0.1, 0.15) is 5.82 Å². The van der Waals surface area contributed by atoms with Crippen LogP contribution >= 0.6 is 15.9 Å². The molecule has 6 heteroatoms. The van der Waals surface area contributed by atoms with Gasteiger partial charge in [0.2, 0.25) is 5.91 Å². The average molecular weight is 425 g/mol. The minimum atomic E-state index is -0.0265. The number of benzene rings is 2. The van der Waals surface area contributed by atoms with E-state index in [0.29, 0.717) is 6.42 Å². The number of halogens is 1. The zero-order valence-electron chi connectivity index (χ0n) is 15.0. The molecular formula is C21H21BrN4O. The molecule has 1 aliphatic rings. The lowest BCUT2D eigenvalue weighted by Crippen LogP contribution is -2.14. The molecule has 0 fully saturated rings. The van der Waals surface area contributed by atoms with Gasteiger partial charge in [0, 0.05) is 28.7 Å². The van der Waals surface area contributed by atoms with Gasteiger partial charge in [-0.3, -0.25) is 4.79 Å². The van der Waals surface area contributed by atoms with Crippen molar-refractivity contribution in [3.63, 3.8) is 0 Å². The van der Waals surface area contributed by atoms with Crippen LogP contribution < -0.4 is 5.32 Å². The van der Waals surface area contributed by atoms with Gasteiger partial charge in [-0.05, 0) is 54.8 Å². The second kappa shape index (κ2) is 8.05. The first kappa shape index (κ1) is 17.9. The van der Waals surface area contributed by atoms with Crippen molar-refractivity contribution in [1.29, 1.82) is 0 Å². The second-order valence-corrected chi connectivity index (χ2v) is 7.75. The minimum Gasteiger partial charge on any atom is -0.326 e. The third-order valence-electron chi connectivity index (χ3n) is 4.81. The van der Waals surface area contributed by atoms with E-state index in [9.17, 15) is 4.79 Å². The van der Waals surface area contributed by atoms with E-state index < -0.39 is 0 Å². The molecule has 0 saturated heterocycles. The van der Waals surface area contributed by atoms with Crippen LogP contribution in [-0.4, -0.2) is 20.7 Å². The van der Waals surface area contributed by atoms with Gasteiger partial charge in [-0.2, -0.15) is 0 Å². The van der Waals surface area contributed by atoms with E-state index in [-0.39, 0.29) is 5.91 Å². The van der Waals surface area contributed by atoms with Crippen molar-refractivity contribution in [2.75, 3.05) is 5.32 Å². The molecule has 0 spiro atoms. The fraction of sp³-hybridized carbons (Fsp3) is 0.286. The number of hydrogen-bond acceptors (Lipinski definition) is 3. The summed E-state index contributed by atoms with van der Waals surface area (Å²) >= 11 is 3.40. The smallest absolute Gasteiger partial charge is 0.228 e. The normalized spacial score (nSPS) is 13.7. The predicted molar refractivity (Wildman–Crippen MR) is 109 cm³/mol. The molecule has 0 unspecified atom stereocenters. The first-order valence-corrected chi connectivity index (χ1v) is 10.1. The maximum Gasteiger partial charge on any atom is 0.228 e. The van der Waals surface area contributed by atoms with Crippen LogP contribution in [0.3, 0.4) is 0 Å². The Bertz CT molecular complexity index is 932. The van der Waals surface area contributed by atoms with Crippen molar-refractivity contribution in [1.82, 2.24) is 14.8 Å². The van der Waals surface area contributed by atoms with E-state index in [0.717, 1.165) is 45.9 Å². The van der Waals surface area contributed by atoms with Crippen LogP contribution in [-0.2, 0) is 24.2 Å². The molecule has 138 valence electrons. The summed E-state index contributed by atoms with van der Waals surface area (Å²) in [7, 11) is 0. The van der Waals surface area contributed by atoms with E-state index >= 15 is 0 Å². The minimum absolute atomic E-state index is 0.0265. The highest BCUT2D eigenvalue weighted by molar-refractivity contribution is 9.10. The van der Waals surface area contributed by atoms with Gasteiger partial charge in [0.25, 0.3) is 0 Å². The van der Waals surface area contributed by atoms with Gasteiger partial charge in [-0.15, -0.1) is 10.2 Å². The number of rotatable bonds is 4. The molecule has 2 heterocycles. The Kier molecular flexibility index (Phi) is 5.34. The number of fused-ring (bicyclic) bond motifs is 1. The zero-order chi connectivity index (χ0) is 18.6. The molecule has 1 N–H and O–H groups in total. The van der Waals surface area contributed by atoms with E-state index in [1.54, 1.807) is 0 Å². The summed E-state index contributed by atoms with van der Waals surface area (Å²) < 4.78 is 3.24. The fourth-order valence-electron chi connectivity index (χ4n) is 3.39. The number of hydrogen-bond donors (Lipinski definition) is 1. The lowest BCUT2D eigenvalue weighted by molar-refractivity contribution is -0.115. The highest BCUT2D eigenvalue weighted by Crippen LogP contribution is 2.24. The molecule has 1 amide bonds. The summed E-state index contributed by atoms with van der Waals surface area (Å²) in [5, 5.41) is 11.7. The first-order chi connectivity index (χ1) is 13.2. The molecule has 1 aromatic heterocycles. The lowest BCUT2D eigenvalue weighted by atomic mass is 10.1. The third-order valence-corrected chi connectivity index (χ3v) is 5.34. The molecule has 0 radical (unpaired) electrons. The highest BCUT2D eigenvalue weighted by atomic mass is 79.9. The molecule has 1 aliphatic heterocycles. The Morgan fingerprint density at radius 2 is 1.78 bits per heavy atom. The Morgan fingerprint density at radius 3 is 2.56 bits per heavy atom. The van der Waals surface area contributed by atoms with Gasteiger partial charge < -0.3 is 9.88 Å². The van der Waals surface area contributed by atoms with Crippen molar-refractivity contribution in [3.8, 4) is 11.4 Å². The molecule has 0 atom stereocenters. The van der Waals surface area contributed by atoms with Crippen LogP contribution in [0.1, 0.15) is 30.7 Å². The summed E-state index contributed by atoms with van der Waals surface area (Å²) in [5.41, 5.74) is 2.80. The molecule has 0 bridgehead atoms. The van der Waals surface area contributed by atoms with Crippen LogP contribution in [0.5, 0.6) is 0 Å². The van der Waals surface area contributed by atoms with E-state index in [1.807, 2.05) is 48.5 Å². The average Bonchev–Trinajstić information content (AvgIpc) is 2.92. The maximum absolute atomic E-state index is 12.3. The second-order valence-electron chi connectivity index (χ2n) is 6.83. The molecule has 27 heavy (non-hydrogen) atoms. The number of anilines is 1. The SMILES string of the molecule is O=C(Cc1ccc(Br)cc1)Nc1ccc(-c2nnc3n2CCCCC3)cc1. The Balaban J connectivity index is 1.44. The number of nitrogens with one attached hydrogen (secondary N) is 1. The third kappa shape index (κ3) is 4.27. The summed E-state index contributed by atoms with van der Waals surface area (Å²) in [5.74, 6) is 1.97. The monoisotopic (exact) mass is 424 g/mol. The van der Waals surface area contributed by atoms with E-state index in [1.165, 1.54) is 19.3 Å². The van der Waals surface area contributed by atoms with Crippen molar-refractivity contribution >= 4 is 27.5 Å². The molecular weight excluding hydrogens is 404 g/mol. The van der Waals surface area contributed by atoms with Gasteiger partial charge in [0.15, 0.2) is 5.82 Å². The molecule has 0 aliphatic carbocycles. The topological polar surface area (TPSA) is 59.8 Å². The molecule has 3 aromatic rings. The summed E-state index contributed by atoms with van der Waals surface area (Å²) in [6, 6.07) is 15.6. The summed E-state index contributed by atoms with van der Waals surface area (Å²) in [6.07, 6.45) is 4.94. The molecule has 2 aromatic carbocycles. The highest BCUT2D eigenvalue weighted by Gasteiger charge is 2.16. The number of nitrogens with zero attached hydrogens (tertiary/aromatic N) is 3. The molecule has 5 nitrogen and oxygen atoms in total. The fourth-order valence-corrected chi connectivity index (χ4v) is 3.66. The number of carbonyl (C=O) groups excluding carboxylic acids is 1. The van der Waals surface area contributed by atoms with Gasteiger partial charge in [-0.1, -0.05) is 34.5 Å². The quantitative estimate of drug-likeness (QED) is 0.664. The zero-order valence-corrected chi connectivity index (χ0v) is 16.6. The molecule has 0 saturated carbocycles. The molecule has 4 rings (SSSR count). The van der Waals surface area contributed by atoms with Crippen LogP contribution in [0.4, 0.5) is 5.69 Å². The number of amides is 1. The van der Waals surface area contributed by atoms with Crippen LogP contribution in [0, 0.1) is 0 Å². The summed E-state index contributed by atoms with van der Waals surface area (Å²) in [6.45, 7) is 0.976. The van der Waals surface area contributed by atoms with Gasteiger partial charge in [0.05, 0.1) is 6.42 Å². The van der Waals surface area contributed by atoms with Crippen molar-refractivity contribution in [3.05, 3.63) is 64.4 Å². The van der Waals surface area contributed by atoms with Crippen molar-refractivity contribution in [2.24, 2.45) is 0 Å². The van der Waals surface area contributed by atoms with Crippen LogP contribution in [0.2, 0.25) is 0 Å². The van der Waals surface area contributed by atoms with Crippen LogP contribution in [0.25, 0.3) is 11.4 Å². The Hall–Kier alpha value is -2.47. The first-order valence-electron chi connectivity index (χ1n) is 9.26. The lowest BCUT2D eigenvalue weighted by Gasteiger charge is -2.09. The van der Waals surface area contributed by atoms with Gasteiger partial charge >= 0.3 is 0 Å². The summed E-state index contributed by atoms with van der Waals surface area (Å²) in [4.78, 5) is 12.3. The van der Waals surface area contributed by atoms with Crippen LogP contribution in [0.15, 0.2) is 53.0 Å². The van der Waals surface area contributed by atoms with E-state index in [2.05, 4.69) is 36.0 Å². The largest absolute Gasteiger partial charge is 0.326 e. The predicted octanol–water partition coefficient (Wildman–Crippen LogP) is 4.62. The van der Waals surface area contributed by atoms with E-state index in [4.69, 9.17) is 0 Å². The number of carbonyl (C=O) groups is 1. The Labute approximate surface area is 167 Å². The van der Waals surface area contributed by atoms with Crippen molar-refractivity contribution < 1.29 is 4.79 Å². The number of aryl methyl sites for hydroxylation is 1. The van der Waals surface area contributed by atoms with Gasteiger partial charge in [-0.25, -0.2) is 0 Å². The Morgan fingerprint density at radius 1 is 1.00 bits per heavy atom. The maximum atomic E-state index is 12.3.